The normalized spacial score (nSPS) is 14.1. The molecule has 0 aromatic heterocycles. The monoisotopic (exact) mass is 1220 g/mol. The predicted molar refractivity (Wildman–Crippen MR) is 398 cm³/mol. The lowest BCUT2D eigenvalue weighted by molar-refractivity contribution is 0.768. The number of para-hydroxylation sites is 2. The fourth-order valence-electron chi connectivity index (χ4n) is 16.8. The lowest BCUT2D eigenvalue weighted by Gasteiger charge is -2.45. The third-order valence-electron chi connectivity index (χ3n) is 20.6. The van der Waals surface area contributed by atoms with Crippen LogP contribution in [-0.2, 0) is 5.41 Å². The zero-order valence-corrected chi connectivity index (χ0v) is 52.9. The molecule has 4 heteroatoms. The number of hydrogen-bond donors (Lipinski definition) is 0. The first kappa shape index (κ1) is 55.0. The highest BCUT2D eigenvalue weighted by atomic mass is 32.3. The van der Waals surface area contributed by atoms with E-state index in [0.717, 1.165) is 34.1 Å². The quantitative estimate of drug-likeness (QED) is 0.126. The first-order chi connectivity index (χ1) is 47.2. The van der Waals surface area contributed by atoms with Crippen LogP contribution in [-0.4, -0.2) is 6.71 Å². The second-order valence-corrected chi connectivity index (χ2v) is 28.3. The minimum absolute atomic E-state index is 0.203. The van der Waals surface area contributed by atoms with Crippen molar-refractivity contribution in [1.29, 1.82) is 0 Å². The van der Waals surface area contributed by atoms with Gasteiger partial charge in [0.2, 0.25) is 0 Å². The zero-order chi connectivity index (χ0) is 62.6. The van der Waals surface area contributed by atoms with Crippen molar-refractivity contribution < 1.29 is 0 Å². The number of nitrogens with zero attached hydrogens (tertiary/aromatic N) is 2. The molecule has 15 aromatic carbocycles. The SMILES string of the molecule is c1ccc(-c2ccccc2N2c3ccc(-c4cccc5c4-c4ccccc4C5(c4ccccc4)c4ccccc4)cc3B3c4cc(-c5cccc6c5-c5ccccc5S6(c5ccccc5)c5ccccc5)ccc4N(c4ccccc4-c4ccccc4)c4cccc2c43)cc1. The van der Waals surface area contributed by atoms with Crippen molar-refractivity contribution in [2.75, 3.05) is 9.80 Å². The minimum Gasteiger partial charge on any atom is -0.311 e. The number of rotatable bonds is 10. The van der Waals surface area contributed by atoms with Crippen molar-refractivity contribution in [1.82, 2.24) is 0 Å². The van der Waals surface area contributed by atoms with Gasteiger partial charge in [-0.1, -0.05) is 297 Å². The first-order valence-electron chi connectivity index (χ1n) is 33.0. The second kappa shape index (κ2) is 22.0. The van der Waals surface area contributed by atoms with E-state index in [1.807, 2.05) is 0 Å². The fourth-order valence-corrected chi connectivity index (χ4v) is 21.1. The summed E-state index contributed by atoms with van der Waals surface area (Å²) >= 11 is 0. The Morgan fingerprint density at radius 3 is 1.16 bits per heavy atom. The van der Waals surface area contributed by atoms with Gasteiger partial charge in [0, 0.05) is 59.0 Å². The van der Waals surface area contributed by atoms with E-state index in [2.05, 4.69) is 380 Å². The Balaban J connectivity index is 0.902. The lowest BCUT2D eigenvalue weighted by Crippen LogP contribution is -2.61. The molecule has 2 nitrogen and oxygen atoms in total. The average molecular weight is 1230 g/mol. The Morgan fingerprint density at radius 2 is 0.621 bits per heavy atom. The number of hydrogen-bond acceptors (Lipinski definition) is 2. The van der Waals surface area contributed by atoms with Gasteiger partial charge in [0.1, 0.15) is 0 Å². The molecular weight excluding hydrogens is 1160 g/mol. The molecule has 4 aliphatic rings. The molecule has 0 amide bonds. The Hall–Kier alpha value is -11.7. The van der Waals surface area contributed by atoms with Crippen LogP contribution in [0.3, 0.4) is 0 Å². The van der Waals surface area contributed by atoms with Crippen LogP contribution in [0.2, 0.25) is 0 Å². The van der Waals surface area contributed by atoms with Crippen LogP contribution in [0.15, 0.2) is 390 Å². The number of anilines is 6. The van der Waals surface area contributed by atoms with Gasteiger partial charge >= 0.3 is 0 Å². The van der Waals surface area contributed by atoms with Gasteiger partial charge in [-0.05, 0) is 162 Å². The van der Waals surface area contributed by atoms with Crippen molar-refractivity contribution >= 4 is 67.3 Å². The molecule has 0 saturated carbocycles. The first-order valence-corrected chi connectivity index (χ1v) is 34.6. The van der Waals surface area contributed by atoms with Crippen LogP contribution in [0.1, 0.15) is 22.3 Å². The summed E-state index contributed by atoms with van der Waals surface area (Å²) in [7, 11) is -1.92. The van der Waals surface area contributed by atoms with E-state index >= 15 is 0 Å². The molecule has 0 radical (unpaired) electrons. The summed E-state index contributed by atoms with van der Waals surface area (Å²) in [5.74, 6) is 0. The summed E-state index contributed by atoms with van der Waals surface area (Å²) in [6.45, 7) is -0.203. The molecule has 0 atom stereocenters. The van der Waals surface area contributed by atoms with E-state index in [0.29, 0.717) is 0 Å². The van der Waals surface area contributed by atoms with Gasteiger partial charge in [-0.25, -0.2) is 0 Å². The average Bonchev–Trinajstić information content (AvgIpc) is 1.70. The van der Waals surface area contributed by atoms with Crippen LogP contribution in [0.5, 0.6) is 0 Å². The molecule has 0 spiro atoms. The summed E-state index contributed by atoms with van der Waals surface area (Å²) in [5, 5.41) is 0. The summed E-state index contributed by atoms with van der Waals surface area (Å²) in [6, 6.07) is 140. The zero-order valence-electron chi connectivity index (χ0n) is 52.1. The Bertz CT molecular complexity index is 5080. The smallest absolute Gasteiger partial charge is 0.252 e. The van der Waals surface area contributed by atoms with Gasteiger partial charge in [0.15, 0.2) is 0 Å². The molecule has 95 heavy (non-hydrogen) atoms. The van der Waals surface area contributed by atoms with Crippen molar-refractivity contribution in [2.45, 2.75) is 25.0 Å². The maximum atomic E-state index is 2.59. The highest BCUT2D eigenvalue weighted by molar-refractivity contribution is 8.34. The van der Waals surface area contributed by atoms with Gasteiger partial charge < -0.3 is 9.80 Å². The molecule has 19 rings (SSSR count). The highest BCUT2D eigenvalue weighted by Gasteiger charge is 2.49. The maximum Gasteiger partial charge on any atom is 0.252 e. The Labute approximate surface area is 557 Å². The molecule has 0 unspecified atom stereocenters. The summed E-state index contributed by atoms with van der Waals surface area (Å²) < 4.78 is 0. The minimum atomic E-state index is -1.92. The molecule has 3 aliphatic heterocycles. The maximum absolute atomic E-state index is 2.59. The van der Waals surface area contributed by atoms with E-state index in [-0.39, 0.29) is 6.71 Å². The molecular formula is C91H61BN2S. The highest BCUT2D eigenvalue weighted by Crippen LogP contribution is 2.80. The third kappa shape index (κ3) is 8.08. The van der Waals surface area contributed by atoms with Gasteiger partial charge in [0.05, 0.1) is 16.8 Å². The van der Waals surface area contributed by atoms with E-state index in [9.17, 15) is 0 Å². The number of benzene rings is 15. The van der Waals surface area contributed by atoms with E-state index < -0.39 is 15.4 Å². The molecule has 1 aliphatic carbocycles. The molecule has 3 heterocycles. The van der Waals surface area contributed by atoms with Gasteiger partial charge in [0.25, 0.3) is 6.71 Å². The van der Waals surface area contributed by atoms with Crippen LogP contribution in [0.4, 0.5) is 34.1 Å². The van der Waals surface area contributed by atoms with Crippen molar-refractivity contribution in [3.8, 4) is 66.8 Å². The van der Waals surface area contributed by atoms with Crippen LogP contribution in [0, 0.1) is 0 Å². The Morgan fingerprint density at radius 1 is 0.242 bits per heavy atom. The summed E-state index contributed by atoms with van der Waals surface area (Å²) in [6.07, 6.45) is 0. The van der Waals surface area contributed by atoms with E-state index in [1.165, 1.54) is 125 Å². The van der Waals surface area contributed by atoms with Crippen LogP contribution < -0.4 is 26.2 Å². The van der Waals surface area contributed by atoms with Gasteiger partial charge in [-0.15, -0.1) is 10.0 Å². The van der Waals surface area contributed by atoms with Crippen molar-refractivity contribution in [2.24, 2.45) is 0 Å². The van der Waals surface area contributed by atoms with E-state index in [1.54, 1.807) is 0 Å². The third-order valence-corrected chi connectivity index (χ3v) is 24.6. The molecule has 0 fully saturated rings. The number of fused-ring (bicyclic) bond motifs is 10. The molecule has 0 N–H and O–H groups in total. The van der Waals surface area contributed by atoms with Gasteiger partial charge in [-0.3, -0.25) is 0 Å². The van der Waals surface area contributed by atoms with Gasteiger partial charge in [-0.2, -0.15) is 0 Å². The molecule has 0 saturated heterocycles. The summed E-state index contributed by atoms with van der Waals surface area (Å²) in [5.41, 5.74) is 29.8. The fraction of sp³-hybridized carbons (Fsp3) is 0.0110. The second-order valence-electron chi connectivity index (χ2n) is 25.3. The summed E-state index contributed by atoms with van der Waals surface area (Å²) in [4.78, 5) is 10.6. The van der Waals surface area contributed by atoms with Crippen LogP contribution >= 0.6 is 10.0 Å². The van der Waals surface area contributed by atoms with E-state index in [4.69, 9.17) is 0 Å². The molecule has 444 valence electrons. The predicted octanol–water partition coefficient (Wildman–Crippen LogP) is 22.1. The largest absolute Gasteiger partial charge is 0.311 e. The van der Waals surface area contributed by atoms with Crippen molar-refractivity contribution in [3.63, 3.8) is 0 Å². The standard InChI is InChI=1S/C91H61BN2S/c1-7-30-62(31-8-1)70-42-20-24-50-80(70)93-82-58-56-64(72-46-27-49-77-88(72)74-44-19-23-48-76(74)91(77,66-34-11-3-12-35-66)67-36-13-4-14-37-67)60-78(82)92-79-61-65(57-59-83(79)94(85-53-29-52-84(93)90(85)92)81-51-25-21-43-71(81)63-32-9-2-10-33-63)73-47-28-55-87-89(73)75-45-22-26-54-86(75)95(87,68-38-15-5-16-39-68)69-40-17-6-18-41-69/h1-61H. The van der Waals surface area contributed by atoms with Crippen molar-refractivity contribution in [3.05, 3.63) is 392 Å². The lowest BCUT2D eigenvalue weighted by atomic mass is 9.33. The topological polar surface area (TPSA) is 6.48 Å². The molecule has 0 bridgehead atoms. The Kier molecular flexibility index (Phi) is 12.7. The molecule has 15 aromatic rings. The van der Waals surface area contributed by atoms with Crippen LogP contribution in [0.25, 0.3) is 66.8 Å².